The van der Waals surface area contributed by atoms with E-state index in [9.17, 15) is 13.6 Å². The highest BCUT2D eigenvalue weighted by Crippen LogP contribution is 2.28. The number of carbonyl (C=O) groups is 1. The quantitative estimate of drug-likeness (QED) is 0.545. The van der Waals surface area contributed by atoms with Crippen LogP contribution >= 0.6 is 0 Å². The van der Waals surface area contributed by atoms with Crippen LogP contribution in [0.4, 0.5) is 25.0 Å². The van der Waals surface area contributed by atoms with Gasteiger partial charge in [0.2, 0.25) is 0 Å². The Morgan fingerprint density at radius 3 is 2.76 bits per heavy atom. The van der Waals surface area contributed by atoms with Crippen molar-refractivity contribution in [2.75, 3.05) is 11.9 Å². The van der Waals surface area contributed by atoms with E-state index in [0.29, 0.717) is 29.0 Å². The molecule has 1 amide bonds. The minimum atomic E-state index is -0.573. The van der Waals surface area contributed by atoms with E-state index >= 15 is 0 Å². The van der Waals surface area contributed by atoms with E-state index in [1.807, 2.05) is 6.92 Å². The number of nitrogens with zero attached hydrogens (tertiary/aromatic N) is 4. The number of anilines is 2. The van der Waals surface area contributed by atoms with Crippen LogP contribution in [0.5, 0.6) is 0 Å². The van der Waals surface area contributed by atoms with Crippen molar-refractivity contribution in [2.45, 2.75) is 6.92 Å². The molecule has 146 valence electrons. The number of hydrogen-bond donors (Lipinski definition) is 2. The smallest absolute Gasteiger partial charge is 0.342 e. The largest absolute Gasteiger partial charge is 0.354 e. The summed E-state index contributed by atoms with van der Waals surface area (Å²) in [6, 6.07) is 7.80. The van der Waals surface area contributed by atoms with Crippen LogP contribution in [0, 0.1) is 11.6 Å². The Bertz CT molecular complexity index is 1210. The summed E-state index contributed by atoms with van der Waals surface area (Å²) in [7, 11) is 0. The van der Waals surface area contributed by atoms with Gasteiger partial charge in [-0.3, -0.25) is 9.97 Å². The molecule has 0 fully saturated rings. The number of amides is 1. The molecule has 4 rings (SSSR count). The maximum atomic E-state index is 14.1. The zero-order valence-electron chi connectivity index (χ0n) is 15.4. The molecule has 0 saturated heterocycles. The van der Waals surface area contributed by atoms with E-state index in [1.54, 1.807) is 24.4 Å². The monoisotopic (exact) mass is 394 g/mol. The molecule has 0 aliphatic rings. The average molecular weight is 394 g/mol. The van der Waals surface area contributed by atoms with Gasteiger partial charge in [0, 0.05) is 30.2 Å². The molecular formula is C20H16F2N6O. The third-order valence-electron chi connectivity index (χ3n) is 4.22. The second-order valence-electron chi connectivity index (χ2n) is 6.16. The zero-order valence-corrected chi connectivity index (χ0v) is 15.4. The maximum Gasteiger partial charge on any atom is 0.342 e. The van der Waals surface area contributed by atoms with Crippen LogP contribution in [-0.4, -0.2) is 32.3 Å². The van der Waals surface area contributed by atoms with Gasteiger partial charge in [0.1, 0.15) is 22.7 Å². The summed E-state index contributed by atoms with van der Waals surface area (Å²) in [6.45, 7) is 2.27. The number of carbonyl (C=O) groups excluding carboxylic acids is 1. The molecule has 0 aliphatic heterocycles. The van der Waals surface area contributed by atoms with Crippen molar-refractivity contribution < 1.29 is 13.6 Å². The van der Waals surface area contributed by atoms with Gasteiger partial charge in [-0.1, -0.05) is 0 Å². The molecule has 0 bridgehead atoms. The van der Waals surface area contributed by atoms with Crippen LogP contribution in [0.1, 0.15) is 6.92 Å². The van der Waals surface area contributed by atoms with Crippen molar-refractivity contribution in [3.8, 4) is 11.3 Å². The molecule has 3 heterocycles. The van der Waals surface area contributed by atoms with Crippen LogP contribution in [0.25, 0.3) is 22.3 Å². The molecule has 0 aliphatic carbocycles. The van der Waals surface area contributed by atoms with Gasteiger partial charge in [0.05, 0.1) is 17.6 Å². The van der Waals surface area contributed by atoms with Crippen molar-refractivity contribution in [1.82, 2.24) is 25.1 Å². The standard InChI is InChI=1S/C20H16F2N6O/c1-2-23-20(29)28-19-16(6-8-25-18(19)11-26-28)27-13-5-7-24-17(10-13)14-9-12(21)3-4-15(14)22/h3-11H,2H2,1H3,(H,23,29)(H,24,25,27). The summed E-state index contributed by atoms with van der Waals surface area (Å²) in [4.78, 5) is 20.6. The Balaban J connectivity index is 1.73. The van der Waals surface area contributed by atoms with Gasteiger partial charge in [-0.2, -0.15) is 9.78 Å². The second kappa shape index (κ2) is 7.63. The van der Waals surface area contributed by atoms with Gasteiger partial charge in [0.25, 0.3) is 0 Å². The molecule has 0 atom stereocenters. The first-order valence-corrected chi connectivity index (χ1v) is 8.86. The first-order valence-electron chi connectivity index (χ1n) is 8.86. The third kappa shape index (κ3) is 3.62. The predicted octanol–water partition coefficient (Wildman–Crippen LogP) is 4.09. The molecule has 1 aromatic carbocycles. The van der Waals surface area contributed by atoms with Crippen LogP contribution in [0.2, 0.25) is 0 Å². The number of aromatic nitrogens is 4. The molecule has 0 unspecified atom stereocenters. The molecule has 9 heteroatoms. The minimum absolute atomic E-state index is 0.0564. The maximum absolute atomic E-state index is 14.1. The predicted molar refractivity (Wildman–Crippen MR) is 105 cm³/mol. The Hall–Kier alpha value is -3.88. The Kier molecular flexibility index (Phi) is 4.86. The van der Waals surface area contributed by atoms with E-state index in [4.69, 9.17) is 0 Å². The molecule has 2 N–H and O–H groups in total. The number of hydrogen-bond acceptors (Lipinski definition) is 5. The zero-order chi connectivity index (χ0) is 20.4. The lowest BCUT2D eigenvalue weighted by Crippen LogP contribution is -2.29. The fourth-order valence-electron chi connectivity index (χ4n) is 2.94. The summed E-state index contributed by atoms with van der Waals surface area (Å²) >= 11 is 0. The van der Waals surface area contributed by atoms with Crippen molar-refractivity contribution in [3.05, 3.63) is 66.6 Å². The van der Waals surface area contributed by atoms with Crippen molar-refractivity contribution in [2.24, 2.45) is 0 Å². The molecule has 29 heavy (non-hydrogen) atoms. The highest BCUT2D eigenvalue weighted by molar-refractivity contribution is 5.96. The lowest BCUT2D eigenvalue weighted by atomic mass is 10.1. The van der Waals surface area contributed by atoms with Crippen LogP contribution in [-0.2, 0) is 0 Å². The average Bonchev–Trinajstić information content (AvgIpc) is 3.16. The normalized spacial score (nSPS) is 10.9. The Morgan fingerprint density at radius 2 is 1.93 bits per heavy atom. The number of rotatable bonds is 4. The van der Waals surface area contributed by atoms with Crippen molar-refractivity contribution in [3.63, 3.8) is 0 Å². The number of halogens is 2. The minimum Gasteiger partial charge on any atom is -0.354 e. The molecule has 0 spiro atoms. The first-order chi connectivity index (χ1) is 14.1. The Morgan fingerprint density at radius 1 is 1.10 bits per heavy atom. The van der Waals surface area contributed by atoms with Gasteiger partial charge in [-0.05, 0) is 43.3 Å². The molecular weight excluding hydrogens is 378 g/mol. The highest BCUT2D eigenvalue weighted by Gasteiger charge is 2.15. The van der Waals surface area contributed by atoms with Gasteiger partial charge in [0.15, 0.2) is 0 Å². The molecule has 0 saturated carbocycles. The van der Waals surface area contributed by atoms with Crippen LogP contribution in [0.3, 0.4) is 0 Å². The molecule has 4 aromatic rings. The van der Waals surface area contributed by atoms with E-state index in [1.165, 1.54) is 17.1 Å². The van der Waals surface area contributed by atoms with Crippen molar-refractivity contribution in [1.29, 1.82) is 0 Å². The fourth-order valence-corrected chi connectivity index (χ4v) is 2.94. The van der Waals surface area contributed by atoms with E-state index in [2.05, 4.69) is 25.7 Å². The summed E-state index contributed by atoms with van der Waals surface area (Å²) < 4.78 is 28.9. The summed E-state index contributed by atoms with van der Waals surface area (Å²) in [6.07, 6.45) is 4.57. The van der Waals surface area contributed by atoms with Gasteiger partial charge < -0.3 is 10.6 Å². The van der Waals surface area contributed by atoms with Crippen LogP contribution < -0.4 is 10.6 Å². The van der Waals surface area contributed by atoms with E-state index in [-0.39, 0.29) is 17.3 Å². The molecule has 0 radical (unpaired) electrons. The van der Waals surface area contributed by atoms with E-state index in [0.717, 1.165) is 18.2 Å². The number of pyridine rings is 2. The number of fused-ring (bicyclic) bond motifs is 1. The summed E-state index contributed by atoms with van der Waals surface area (Å²) in [5.74, 6) is -1.13. The lowest BCUT2D eigenvalue weighted by Gasteiger charge is -2.11. The molecule has 3 aromatic heterocycles. The SMILES string of the molecule is CCNC(=O)n1ncc2nccc(Nc3ccnc(-c4cc(F)ccc4F)c3)c21. The number of nitrogens with one attached hydrogen (secondary N) is 2. The number of benzene rings is 1. The first kappa shape index (κ1) is 18.5. The topological polar surface area (TPSA) is 84.7 Å². The van der Waals surface area contributed by atoms with Gasteiger partial charge in [-0.15, -0.1) is 0 Å². The van der Waals surface area contributed by atoms with Gasteiger partial charge in [-0.25, -0.2) is 13.6 Å². The van der Waals surface area contributed by atoms with E-state index < -0.39 is 11.6 Å². The summed E-state index contributed by atoms with van der Waals surface area (Å²) in [5, 5.41) is 9.97. The van der Waals surface area contributed by atoms with Crippen LogP contribution in [0.15, 0.2) is 55.0 Å². The second-order valence-corrected chi connectivity index (χ2v) is 6.16. The highest BCUT2D eigenvalue weighted by atomic mass is 19.1. The Labute approximate surface area is 164 Å². The van der Waals surface area contributed by atoms with Crippen molar-refractivity contribution >= 4 is 28.4 Å². The fraction of sp³-hybridized carbons (Fsp3) is 0.100. The molecule has 7 nitrogen and oxygen atoms in total. The van der Waals surface area contributed by atoms with Gasteiger partial charge >= 0.3 is 6.03 Å². The summed E-state index contributed by atoms with van der Waals surface area (Å²) in [5.41, 5.74) is 2.52. The lowest BCUT2D eigenvalue weighted by molar-refractivity contribution is 0.241. The third-order valence-corrected chi connectivity index (χ3v) is 4.22.